The van der Waals surface area contributed by atoms with Gasteiger partial charge >= 0.3 is 0 Å². The molecule has 1 fully saturated rings. The molecule has 0 saturated heterocycles. The van der Waals surface area contributed by atoms with Gasteiger partial charge in [-0.1, -0.05) is 45.4 Å². The first-order chi connectivity index (χ1) is 6.43. The van der Waals surface area contributed by atoms with E-state index in [1.807, 2.05) is 0 Å². The van der Waals surface area contributed by atoms with Crippen LogP contribution in [0.15, 0.2) is 0 Å². The Morgan fingerprint density at radius 1 is 1.00 bits per heavy atom. The van der Waals surface area contributed by atoms with E-state index in [-0.39, 0.29) is 0 Å². The normalized spacial score (nSPS) is 18.2. The Morgan fingerprint density at radius 2 is 1.69 bits per heavy atom. The van der Waals surface area contributed by atoms with Crippen molar-refractivity contribution in [2.75, 3.05) is 6.61 Å². The second kappa shape index (κ2) is 7.37. The Kier molecular flexibility index (Phi) is 6.26. The van der Waals surface area contributed by atoms with Crippen LogP contribution in [0.1, 0.15) is 64.7 Å². The molecule has 0 amide bonds. The van der Waals surface area contributed by atoms with Gasteiger partial charge in [-0.2, -0.15) is 0 Å². The minimum absolute atomic E-state index is 0.617. The fourth-order valence-corrected chi connectivity index (χ4v) is 2.01. The maximum Gasteiger partial charge on any atom is 0.0575 e. The third kappa shape index (κ3) is 5.30. The van der Waals surface area contributed by atoms with Crippen molar-refractivity contribution in [1.82, 2.24) is 0 Å². The minimum atomic E-state index is 0.617. The van der Waals surface area contributed by atoms with Crippen molar-refractivity contribution in [3.63, 3.8) is 0 Å². The second-order valence-electron chi connectivity index (χ2n) is 4.19. The summed E-state index contributed by atoms with van der Waals surface area (Å²) in [6, 6.07) is 0. The molecule has 0 aliphatic heterocycles. The lowest BCUT2D eigenvalue weighted by atomic mass is 10.2. The predicted molar refractivity (Wildman–Crippen MR) is 57.0 cm³/mol. The van der Waals surface area contributed by atoms with Gasteiger partial charge in [-0.25, -0.2) is 0 Å². The summed E-state index contributed by atoms with van der Waals surface area (Å²) in [4.78, 5) is 0. The summed E-state index contributed by atoms with van der Waals surface area (Å²) in [6.45, 7) is 3.27. The Hall–Kier alpha value is -0.0400. The number of hydrogen-bond acceptors (Lipinski definition) is 1. The first-order valence-corrected chi connectivity index (χ1v) is 6.05. The van der Waals surface area contributed by atoms with Gasteiger partial charge in [-0.05, 0) is 19.3 Å². The highest BCUT2D eigenvalue weighted by Crippen LogP contribution is 2.21. The van der Waals surface area contributed by atoms with Crippen LogP contribution < -0.4 is 0 Å². The van der Waals surface area contributed by atoms with Crippen molar-refractivity contribution < 1.29 is 4.74 Å². The summed E-state index contributed by atoms with van der Waals surface area (Å²) in [5.41, 5.74) is 0. The molecular weight excluding hydrogens is 160 g/mol. The van der Waals surface area contributed by atoms with Crippen molar-refractivity contribution in [3.05, 3.63) is 0 Å². The Balaban J connectivity index is 1.78. The molecule has 1 nitrogen and oxygen atoms in total. The first-order valence-electron chi connectivity index (χ1n) is 6.05. The molecule has 1 rings (SSSR count). The van der Waals surface area contributed by atoms with E-state index >= 15 is 0 Å². The van der Waals surface area contributed by atoms with Gasteiger partial charge in [0.15, 0.2) is 0 Å². The smallest absolute Gasteiger partial charge is 0.0575 e. The summed E-state index contributed by atoms with van der Waals surface area (Å²) in [5.74, 6) is 0. The second-order valence-corrected chi connectivity index (χ2v) is 4.19. The molecule has 1 saturated carbocycles. The number of ether oxygens (including phenoxy) is 1. The number of unbranched alkanes of at least 4 members (excludes halogenated alkanes) is 4. The first kappa shape index (κ1) is 11.0. The Labute approximate surface area is 82.9 Å². The summed E-state index contributed by atoms with van der Waals surface area (Å²) in [5, 5.41) is 0. The maximum absolute atomic E-state index is 5.78. The van der Waals surface area contributed by atoms with Crippen LogP contribution in [0.5, 0.6) is 0 Å². The molecular formula is C12H24O. The third-order valence-corrected chi connectivity index (χ3v) is 2.90. The highest BCUT2D eigenvalue weighted by Gasteiger charge is 2.14. The Bertz CT molecular complexity index is 106. The predicted octanol–water partition coefficient (Wildman–Crippen LogP) is 3.92. The fourth-order valence-electron chi connectivity index (χ4n) is 2.01. The van der Waals surface area contributed by atoms with E-state index in [1.165, 1.54) is 57.8 Å². The van der Waals surface area contributed by atoms with Crippen LogP contribution >= 0.6 is 0 Å². The SMILES string of the molecule is CCCCCCCOC1CCCC1. The zero-order valence-corrected chi connectivity index (χ0v) is 9.06. The van der Waals surface area contributed by atoms with Crippen molar-refractivity contribution in [3.8, 4) is 0 Å². The molecule has 0 radical (unpaired) electrons. The van der Waals surface area contributed by atoms with E-state index in [0.29, 0.717) is 6.10 Å². The largest absolute Gasteiger partial charge is 0.378 e. The topological polar surface area (TPSA) is 9.23 Å². The molecule has 0 N–H and O–H groups in total. The summed E-state index contributed by atoms with van der Waals surface area (Å²) in [6.07, 6.45) is 12.8. The van der Waals surface area contributed by atoms with E-state index in [0.717, 1.165) is 6.61 Å². The molecule has 0 atom stereocenters. The molecule has 1 aliphatic carbocycles. The lowest BCUT2D eigenvalue weighted by Gasteiger charge is -2.10. The molecule has 0 aromatic carbocycles. The highest BCUT2D eigenvalue weighted by atomic mass is 16.5. The summed E-state index contributed by atoms with van der Waals surface area (Å²) >= 11 is 0. The van der Waals surface area contributed by atoms with Gasteiger partial charge in [0.1, 0.15) is 0 Å². The molecule has 1 heteroatoms. The van der Waals surface area contributed by atoms with Gasteiger partial charge in [0.2, 0.25) is 0 Å². The lowest BCUT2D eigenvalue weighted by molar-refractivity contribution is 0.0556. The van der Waals surface area contributed by atoms with Crippen molar-refractivity contribution >= 4 is 0 Å². The van der Waals surface area contributed by atoms with Gasteiger partial charge in [0, 0.05) is 6.61 Å². The number of rotatable bonds is 7. The van der Waals surface area contributed by atoms with Crippen LogP contribution in [0.3, 0.4) is 0 Å². The standard InChI is InChI=1S/C12H24O/c1-2-3-4-5-8-11-13-12-9-6-7-10-12/h12H,2-11H2,1H3. The maximum atomic E-state index is 5.78. The molecule has 0 aromatic heterocycles. The summed E-state index contributed by atoms with van der Waals surface area (Å²) < 4.78 is 5.78. The average molecular weight is 184 g/mol. The lowest BCUT2D eigenvalue weighted by Crippen LogP contribution is -2.08. The van der Waals surface area contributed by atoms with Crippen LogP contribution in [-0.4, -0.2) is 12.7 Å². The molecule has 0 aromatic rings. The average Bonchev–Trinajstić information content (AvgIpc) is 2.63. The quantitative estimate of drug-likeness (QED) is 0.545. The minimum Gasteiger partial charge on any atom is -0.378 e. The van der Waals surface area contributed by atoms with Gasteiger partial charge in [0.05, 0.1) is 6.10 Å². The van der Waals surface area contributed by atoms with Crippen LogP contribution in [0.4, 0.5) is 0 Å². The Morgan fingerprint density at radius 3 is 2.38 bits per heavy atom. The van der Waals surface area contributed by atoms with Crippen LogP contribution in [0.25, 0.3) is 0 Å². The van der Waals surface area contributed by atoms with Crippen LogP contribution in [0, 0.1) is 0 Å². The molecule has 1 aliphatic rings. The van der Waals surface area contributed by atoms with Crippen molar-refractivity contribution in [2.24, 2.45) is 0 Å². The van der Waals surface area contributed by atoms with Gasteiger partial charge < -0.3 is 4.74 Å². The zero-order chi connectivity index (χ0) is 9.36. The van der Waals surface area contributed by atoms with Crippen molar-refractivity contribution in [2.45, 2.75) is 70.8 Å². The zero-order valence-electron chi connectivity index (χ0n) is 9.06. The summed E-state index contributed by atoms with van der Waals surface area (Å²) in [7, 11) is 0. The van der Waals surface area contributed by atoms with E-state index in [2.05, 4.69) is 6.92 Å². The monoisotopic (exact) mass is 184 g/mol. The van der Waals surface area contributed by atoms with Gasteiger partial charge in [-0.15, -0.1) is 0 Å². The third-order valence-electron chi connectivity index (χ3n) is 2.90. The van der Waals surface area contributed by atoms with E-state index < -0.39 is 0 Å². The van der Waals surface area contributed by atoms with Crippen LogP contribution in [0.2, 0.25) is 0 Å². The molecule has 78 valence electrons. The van der Waals surface area contributed by atoms with Crippen molar-refractivity contribution in [1.29, 1.82) is 0 Å². The van der Waals surface area contributed by atoms with E-state index in [4.69, 9.17) is 4.74 Å². The van der Waals surface area contributed by atoms with E-state index in [9.17, 15) is 0 Å². The number of hydrogen-bond donors (Lipinski definition) is 0. The van der Waals surface area contributed by atoms with Crippen LogP contribution in [-0.2, 0) is 4.74 Å². The van der Waals surface area contributed by atoms with Gasteiger partial charge in [-0.3, -0.25) is 0 Å². The molecule has 13 heavy (non-hydrogen) atoms. The fraction of sp³-hybridized carbons (Fsp3) is 1.00. The van der Waals surface area contributed by atoms with E-state index in [1.54, 1.807) is 0 Å². The molecule has 0 bridgehead atoms. The van der Waals surface area contributed by atoms with Gasteiger partial charge in [0.25, 0.3) is 0 Å². The molecule has 0 spiro atoms. The molecule has 0 heterocycles. The highest BCUT2D eigenvalue weighted by molar-refractivity contribution is 4.66. The molecule has 0 unspecified atom stereocenters.